The molecular formula is C18H35IN6O3S. The summed E-state index contributed by atoms with van der Waals surface area (Å²) in [4.78, 5) is 9.32. The van der Waals surface area contributed by atoms with Gasteiger partial charge in [0.15, 0.2) is 5.96 Å². The topological polar surface area (TPSA) is 94.3 Å². The SMILES string of the molecule is CCNC(=NCC(C)N(CC)CC)N1CCN(S(=O)(=O)Cc2ccon2)CC1.I. The lowest BCUT2D eigenvalue weighted by molar-refractivity contribution is 0.234. The van der Waals surface area contributed by atoms with E-state index >= 15 is 0 Å². The van der Waals surface area contributed by atoms with Crippen LogP contribution in [0.4, 0.5) is 0 Å². The maximum atomic E-state index is 12.6. The maximum Gasteiger partial charge on any atom is 0.220 e. The molecule has 0 amide bonds. The number of hydrogen-bond acceptors (Lipinski definition) is 6. The van der Waals surface area contributed by atoms with Gasteiger partial charge in [0.2, 0.25) is 10.0 Å². The Bertz CT molecular complexity index is 701. The molecule has 168 valence electrons. The van der Waals surface area contributed by atoms with Crippen LogP contribution in [0.15, 0.2) is 21.8 Å². The number of nitrogens with zero attached hydrogens (tertiary/aromatic N) is 5. The molecule has 0 saturated carbocycles. The Morgan fingerprint density at radius 1 is 1.28 bits per heavy atom. The molecule has 1 atom stereocenters. The van der Waals surface area contributed by atoms with Gasteiger partial charge in [0.05, 0.1) is 12.2 Å². The maximum absolute atomic E-state index is 12.6. The molecule has 1 N–H and O–H groups in total. The molecule has 1 fully saturated rings. The van der Waals surface area contributed by atoms with Crippen molar-refractivity contribution in [3.05, 3.63) is 18.0 Å². The third-order valence-corrected chi connectivity index (χ3v) is 6.84. The second kappa shape index (κ2) is 12.7. The molecule has 0 aliphatic carbocycles. The number of halogens is 1. The van der Waals surface area contributed by atoms with E-state index in [2.05, 4.69) is 41.0 Å². The Morgan fingerprint density at radius 3 is 2.45 bits per heavy atom. The fourth-order valence-electron chi connectivity index (χ4n) is 3.38. The van der Waals surface area contributed by atoms with Crippen molar-refractivity contribution in [3.63, 3.8) is 0 Å². The van der Waals surface area contributed by atoms with Crippen molar-refractivity contribution in [2.24, 2.45) is 4.99 Å². The first-order valence-corrected chi connectivity index (χ1v) is 11.7. The monoisotopic (exact) mass is 542 g/mol. The van der Waals surface area contributed by atoms with E-state index in [0.29, 0.717) is 44.5 Å². The van der Waals surface area contributed by atoms with Crippen LogP contribution >= 0.6 is 24.0 Å². The zero-order chi connectivity index (χ0) is 20.6. The van der Waals surface area contributed by atoms with Crippen LogP contribution in [0.5, 0.6) is 0 Å². The van der Waals surface area contributed by atoms with E-state index in [1.54, 1.807) is 6.07 Å². The first-order chi connectivity index (χ1) is 13.4. The fourth-order valence-corrected chi connectivity index (χ4v) is 4.80. The quantitative estimate of drug-likeness (QED) is 0.287. The molecule has 1 aliphatic heterocycles. The molecule has 1 unspecified atom stereocenters. The normalized spacial score (nSPS) is 17.3. The second-order valence-corrected chi connectivity index (χ2v) is 8.87. The summed E-state index contributed by atoms with van der Waals surface area (Å²) in [6.07, 6.45) is 1.39. The van der Waals surface area contributed by atoms with E-state index in [1.807, 2.05) is 6.92 Å². The van der Waals surface area contributed by atoms with Crippen LogP contribution in [0.2, 0.25) is 0 Å². The van der Waals surface area contributed by atoms with Crippen LogP contribution in [0, 0.1) is 0 Å². The highest BCUT2D eigenvalue weighted by Gasteiger charge is 2.29. The van der Waals surface area contributed by atoms with E-state index in [9.17, 15) is 8.42 Å². The minimum Gasteiger partial charge on any atom is -0.364 e. The van der Waals surface area contributed by atoms with Gasteiger partial charge in [-0.05, 0) is 26.9 Å². The summed E-state index contributed by atoms with van der Waals surface area (Å²) in [6.45, 7) is 14.2. The Hall–Kier alpha value is -0.920. The molecule has 9 nitrogen and oxygen atoms in total. The number of nitrogens with one attached hydrogen (secondary N) is 1. The Kier molecular flexibility index (Phi) is 11.4. The first-order valence-electron chi connectivity index (χ1n) is 10.1. The molecule has 0 aromatic carbocycles. The lowest BCUT2D eigenvalue weighted by atomic mass is 10.3. The molecule has 2 heterocycles. The summed E-state index contributed by atoms with van der Waals surface area (Å²) in [5.41, 5.74) is 0.433. The minimum atomic E-state index is -3.39. The van der Waals surface area contributed by atoms with Crippen molar-refractivity contribution in [1.82, 2.24) is 24.6 Å². The van der Waals surface area contributed by atoms with Gasteiger partial charge in [-0.2, -0.15) is 4.31 Å². The molecule has 1 saturated heterocycles. The molecule has 1 aromatic rings. The van der Waals surface area contributed by atoms with Gasteiger partial charge in [0, 0.05) is 44.8 Å². The van der Waals surface area contributed by atoms with E-state index < -0.39 is 10.0 Å². The highest BCUT2D eigenvalue weighted by molar-refractivity contribution is 14.0. The van der Waals surface area contributed by atoms with Gasteiger partial charge in [0.25, 0.3) is 0 Å². The highest BCUT2D eigenvalue weighted by atomic mass is 127. The Morgan fingerprint density at radius 2 is 1.93 bits per heavy atom. The van der Waals surface area contributed by atoms with Crippen LogP contribution in [0.25, 0.3) is 0 Å². The van der Waals surface area contributed by atoms with Gasteiger partial charge >= 0.3 is 0 Å². The lowest BCUT2D eigenvalue weighted by Gasteiger charge is -2.36. The summed E-state index contributed by atoms with van der Waals surface area (Å²) in [5.74, 6) is 0.731. The smallest absolute Gasteiger partial charge is 0.220 e. The molecule has 0 spiro atoms. The number of aliphatic imine (C=N–C) groups is 1. The van der Waals surface area contributed by atoms with Gasteiger partial charge in [0.1, 0.15) is 12.0 Å². The number of hydrogen-bond donors (Lipinski definition) is 1. The summed E-state index contributed by atoms with van der Waals surface area (Å²) >= 11 is 0. The third-order valence-electron chi connectivity index (χ3n) is 5.03. The largest absolute Gasteiger partial charge is 0.364 e. The number of sulfonamides is 1. The second-order valence-electron chi connectivity index (χ2n) is 6.90. The molecule has 11 heteroatoms. The Labute approximate surface area is 191 Å². The summed E-state index contributed by atoms with van der Waals surface area (Å²) in [7, 11) is -3.39. The van der Waals surface area contributed by atoms with Gasteiger partial charge in [-0.25, -0.2) is 8.42 Å². The fraction of sp³-hybridized carbons (Fsp3) is 0.778. The third kappa shape index (κ3) is 7.68. The van der Waals surface area contributed by atoms with E-state index in [-0.39, 0.29) is 29.7 Å². The molecular weight excluding hydrogens is 507 g/mol. The highest BCUT2D eigenvalue weighted by Crippen LogP contribution is 2.13. The van der Waals surface area contributed by atoms with Gasteiger partial charge < -0.3 is 14.7 Å². The number of aromatic nitrogens is 1. The molecule has 0 radical (unpaired) electrons. The Balaban J connectivity index is 0.00000420. The zero-order valence-corrected chi connectivity index (χ0v) is 21.0. The molecule has 1 aromatic heterocycles. The molecule has 0 bridgehead atoms. The van der Waals surface area contributed by atoms with Crippen LogP contribution in [0.3, 0.4) is 0 Å². The number of piperazine rings is 1. The van der Waals surface area contributed by atoms with Crippen LogP contribution in [0.1, 0.15) is 33.4 Å². The number of guanidine groups is 1. The molecule has 1 aliphatic rings. The van der Waals surface area contributed by atoms with Gasteiger partial charge in [-0.3, -0.25) is 9.89 Å². The average molecular weight is 542 g/mol. The van der Waals surface area contributed by atoms with Crippen molar-refractivity contribution >= 4 is 40.0 Å². The number of likely N-dealkylation sites (N-methyl/N-ethyl adjacent to an activating group) is 1. The predicted molar refractivity (Wildman–Crippen MR) is 126 cm³/mol. The van der Waals surface area contributed by atoms with Crippen molar-refractivity contribution in [3.8, 4) is 0 Å². The van der Waals surface area contributed by atoms with E-state index in [0.717, 1.165) is 25.6 Å². The first kappa shape index (κ1) is 26.1. The van der Waals surface area contributed by atoms with Crippen molar-refractivity contribution < 1.29 is 12.9 Å². The predicted octanol–water partition coefficient (Wildman–Crippen LogP) is 1.44. The lowest BCUT2D eigenvalue weighted by Crippen LogP contribution is -2.54. The van der Waals surface area contributed by atoms with Crippen molar-refractivity contribution in [2.75, 3.05) is 52.4 Å². The zero-order valence-electron chi connectivity index (χ0n) is 17.9. The summed E-state index contributed by atoms with van der Waals surface area (Å²) in [5, 5.41) is 7.05. The average Bonchev–Trinajstić information content (AvgIpc) is 3.18. The van der Waals surface area contributed by atoms with E-state index in [1.165, 1.54) is 10.6 Å². The van der Waals surface area contributed by atoms with Crippen LogP contribution in [-0.4, -0.2) is 92.0 Å². The molecule has 2 rings (SSSR count). The van der Waals surface area contributed by atoms with Gasteiger partial charge in [-0.15, -0.1) is 24.0 Å². The van der Waals surface area contributed by atoms with Crippen molar-refractivity contribution in [1.29, 1.82) is 0 Å². The molecule has 29 heavy (non-hydrogen) atoms. The van der Waals surface area contributed by atoms with Crippen LogP contribution in [-0.2, 0) is 15.8 Å². The van der Waals surface area contributed by atoms with E-state index in [4.69, 9.17) is 9.52 Å². The van der Waals surface area contributed by atoms with Crippen LogP contribution < -0.4 is 5.32 Å². The minimum absolute atomic E-state index is 0. The summed E-state index contributed by atoms with van der Waals surface area (Å²) in [6, 6.07) is 1.95. The van der Waals surface area contributed by atoms with Gasteiger partial charge in [-0.1, -0.05) is 19.0 Å². The standard InChI is InChI=1S/C18H34N6O3S.HI/c1-5-19-18(20-14-16(4)22(6-2)7-3)23-9-11-24(12-10-23)28(25,26)15-17-8-13-27-21-17;/h8,13,16H,5-7,9-12,14-15H2,1-4H3,(H,19,20);1H. The summed E-state index contributed by atoms with van der Waals surface area (Å²) < 4.78 is 31.4. The van der Waals surface area contributed by atoms with Crippen molar-refractivity contribution in [2.45, 2.75) is 39.5 Å². The number of rotatable bonds is 9.